The fraction of sp³-hybridized carbons (Fsp3) is 0.647. The molecule has 1 atom stereocenters. The van der Waals surface area contributed by atoms with Crippen molar-refractivity contribution in [3.63, 3.8) is 0 Å². The Bertz CT molecular complexity index is 484. The van der Waals surface area contributed by atoms with Crippen LogP contribution in [0.5, 0.6) is 0 Å². The van der Waals surface area contributed by atoms with Gasteiger partial charge in [0.15, 0.2) is 0 Å². The monoisotopic (exact) mass is 400 g/mol. The number of rotatable bonds is 3. The van der Waals surface area contributed by atoms with Gasteiger partial charge in [0.25, 0.3) is 0 Å². The summed E-state index contributed by atoms with van der Waals surface area (Å²) in [5, 5.41) is 3.34. The number of benzene rings is 1. The van der Waals surface area contributed by atoms with E-state index in [0.29, 0.717) is 5.92 Å². The predicted molar refractivity (Wildman–Crippen MR) is 96.7 cm³/mol. The highest BCUT2D eigenvalue weighted by Gasteiger charge is 2.33. The Kier molecular flexibility index (Phi) is 8.98. The average Bonchev–Trinajstić information content (AvgIpc) is 2.57. The predicted octanol–water partition coefficient (Wildman–Crippen LogP) is 3.92. The second kappa shape index (κ2) is 9.97. The van der Waals surface area contributed by atoms with Gasteiger partial charge in [-0.05, 0) is 36.5 Å². The Morgan fingerprint density at radius 1 is 1.00 bits per heavy atom. The van der Waals surface area contributed by atoms with Crippen LogP contribution in [0.4, 0.5) is 13.2 Å². The Morgan fingerprint density at radius 3 is 2.08 bits per heavy atom. The summed E-state index contributed by atoms with van der Waals surface area (Å²) in [6.07, 6.45) is -2.34. The van der Waals surface area contributed by atoms with Crippen molar-refractivity contribution in [1.82, 2.24) is 10.2 Å². The molecular formula is C17H25Cl2F3N2O. The Hall–Kier alpha value is -0.530. The molecule has 0 unspecified atom stereocenters. The van der Waals surface area contributed by atoms with Gasteiger partial charge in [0, 0.05) is 45.4 Å². The van der Waals surface area contributed by atoms with Gasteiger partial charge in [-0.15, -0.1) is 24.8 Å². The van der Waals surface area contributed by atoms with Crippen molar-refractivity contribution in [1.29, 1.82) is 0 Å². The molecule has 0 spiro atoms. The van der Waals surface area contributed by atoms with E-state index in [1.54, 1.807) is 12.1 Å². The number of ether oxygens (including phenoxy) is 1. The van der Waals surface area contributed by atoms with E-state index in [1.165, 1.54) is 12.1 Å². The van der Waals surface area contributed by atoms with Gasteiger partial charge in [0.05, 0.1) is 5.56 Å². The van der Waals surface area contributed by atoms with E-state index in [0.717, 1.165) is 57.8 Å². The molecule has 1 N–H and O–H groups in total. The molecular weight excluding hydrogens is 376 g/mol. The lowest BCUT2D eigenvalue weighted by Crippen LogP contribution is -2.47. The molecule has 0 amide bonds. The molecule has 0 aromatic heterocycles. The third kappa shape index (κ3) is 5.73. The van der Waals surface area contributed by atoms with E-state index in [9.17, 15) is 13.2 Å². The van der Waals surface area contributed by atoms with E-state index in [1.807, 2.05) is 0 Å². The molecule has 2 fully saturated rings. The summed E-state index contributed by atoms with van der Waals surface area (Å²) < 4.78 is 43.8. The number of nitrogens with one attached hydrogen (secondary N) is 1. The van der Waals surface area contributed by atoms with Crippen molar-refractivity contribution in [3.05, 3.63) is 35.4 Å². The van der Waals surface area contributed by atoms with Gasteiger partial charge < -0.3 is 10.1 Å². The molecule has 3 nitrogen and oxygen atoms in total. The molecule has 8 heteroatoms. The number of hydrogen-bond acceptors (Lipinski definition) is 3. The van der Waals surface area contributed by atoms with Crippen molar-refractivity contribution in [2.75, 3.05) is 39.4 Å². The van der Waals surface area contributed by atoms with E-state index < -0.39 is 11.7 Å². The Labute approximate surface area is 159 Å². The van der Waals surface area contributed by atoms with Crippen LogP contribution in [0.15, 0.2) is 24.3 Å². The maximum absolute atomic E-state index is 12.8. The van der Waals surface area contributed by atoms with Crippen molar-refractivity contribution in [3.8, 4) is 0 Å². The number of piperazine rings is 1. The molecule has 25 heavy (non-hydrogen) atoms. The van der Waals surface area contributed by atoms with Crippen LogP contribution in [-0.2, 0) is 10.9 Å². The first-order valence-corrected chi connectivity index (χ1v) is 8.25. The zero-order valence-corrected chi connectivity index (χ0v) is 15.6. The quantitative estimate of drug-likeness (QED) is 0.831. The lowest BCUT2D eigenvalue weighted by Gasteiger charge is -2.41. The lowest BCUT2D eigenvalue weighted by molar-refractivity contribution is -0.137. The van der Waals surface area contributed by atoms with Crippen LogP contribution in [0, 0.1) is 5.92 Å². The number of hydrogen-bond donors (Lipinski definition) is 1. The average molecular weight is 401 g/mol. The molecule has 3 rings (SSSR count). The SMILES string of the molecule is Cl.Cl.FC(F)(F)c1ccc([C@H](C2CCOCC2)N2CCNCC2)cc1. The maximum atomic E-state index is 12.8. The van der Waals surface area contributed by atoms with Crippen molar-refractivity contribution in [2.45, 2.75) is 25.1 Å². The normalized spacial score (nSPS) is 21.1. The first-order valence-electron chi connectivity index (χ1n) is 8.25. The minimum Gasteiger partial charge on any atom is -0.381 e. The number of alkyl halides is 3. The standard InChI is InChI=1S/C17H23F3N2O.2ClH/c18-17(19,20)15-3-1-13(2-4-15)16(14-5-11-23-12-6-14)22-9-7-21-8-10-22;;/h1-4,14,16,21H,5-12H2;2*1H/t16-;;/m1../s1. The van der Waals surface area contributed by atoms with Gasteiger partial charge in [0.1, 0.15) is 0 Å². The van der Waals surface area contributed by atoms with Crippen molar-refractivity contribution < 1.29 is 17.9 Å². The van der Waals surface area contributed by atoms with Gasteiger partial charge >= 0.3 is 6.18 Å². The summed E-state index contributed by atoms with van der Waals surface area (Å²) in [6.45, 7) is 5.22. The fourth-order valence-electron chi connectivity index (χ4n) is 3.64. The topological polar surface area (TPSA) is 24.5 Å². The summed E-state index contributed by atoms with van der Waals surface area (Å²) in [5.41, 5.74) is 0.416. The van der Waals surface area contributed by atoms with Crippen molar-refractivity contribution in [2.24, 2.45) is 5.92 Å². The number of halogens is 5. The van der Waals surface area contributed by atoms with Crippen LogP contribution in [0.25, 0.3) is 0 Å². The Balaban J connectivity index is 0.00000156. The first-order chi connectivity index (χ1) is 11.1. The molecule has 2 saturated heterocycles. The molecule has 2 aliphatic rings. The van der Waals surface area contributed by atoms with Gasteiger partial charge in [-0.3, -0.25) is 4.90 Å². The Morgan fingerprint density at radius 2 is 1.56 bits per heavy atom. The molecule has 1 aromatic carbocycles. The third-order valence-corrected chi connectivity index (χ3v) is 4.84. The summed E-state index contributed by atoms with van der Waals surface area (Å²) >= 11 is 0. The molecule has 0 radical (unpaired) electrons. The van der Waals surface area contributed by atoms with Crippen LogP contribution >= 0.6 is 24.8 Å². The molecule has 144 valence electrons. The molecule has 2 heterocycles. The summed E-state index contributed by atoms with van der Waals surface area (Å²) in [5.74, 6) is 0.443. The smallest absolute Gasteiger partial charge is 0.381 e. The van der Waals surface area contributed by atoms with E-state index in [2.05, 4.69) is 10.2 Å². The summed E-state index contributed by atoms with van der Waals surface area (Å²) in [7, 11) is 0. The van der Waals surface area contributed by atoms with E-state index in [4.69, 9.17) is 4.74 Å². The minimum atomic E-state index is -4.28. The number of nitrogens with zero attached hydrogens (tertiary/aromatic N) is 1. The van der Waals surface area contributed by atoms with Gasteiger partial charge in [-0.2, -0.15) is 13.2 Å². The second-order valence-corrected chi connectivity index (χ2v) is 6.30. The summed E-state index contributed by atoms with van der Waals surface area (Å²) in [4.78, 5) is 2.41. The zero-order valence-electron chi connectivity index (χ0n) is 13.9. The van der Waals surface area contributed by atoms with Crippen LogP contribution in [0.3, 0.4) is 0 Å². The van der Waals surface area contributed by atoms with Gasteiger partial charge in [0.2, 0.25) is 0 Å². The van der Waals surface area contributed by atoms with Crippen LogP contribution in [-0.4, -0.2) is 44.3 Å². The highest BCUT2D eigenvalue weighted by molar-refractivity contribution is 5.85. The van der Waals surface area contributed by atoms with Crippen LogP contribution < -0.4 is 5.32 Å². The van der Waals surface area contributed by atoms with Gasteiger partial charge in [-0.1, -0.05) is 12.1 Å². The largest absolute Gasteiger partial charge is 0.416 e. The molecule has 0 aliphatic carbocycles. The van der Waals surface area contributed by atoms with Crippen LogP contribution in [0.1, 0.15) is 30.0 Å². The van der Waals surface area contributed by atoms with E-state index in [-0.39, 0.29) is 30.9 Å². The third-order valence-electron chi connectivity index (χ3n) is 4.84. The summed E-state index contributed by atoms with van der Waals surface area (Å²) in [6, 6.07) is 5.92. The highest BCUT2D eigenvalue weighted by atomic mass is 35.5. The second-order valence-electron chi connectivity index (χ2n) is 6.30. The molecule has 1 aromatic rings. The van der Waals surface area contributed by atoms with Gasteiger partial charge in [-0.25, -0.2) is 0 Å². The van der Waals surface area contributed by atoms with Crippen LogP contribution in [0.2, 0.25) is 0 Å². The fourth-order valence-corrected chi connectivity index (χ4v) is 3.64. The molecule has 2 aliphatic heterocycles. The maximum Gasteiger partial charge on any atom is 0.416 e. The first kappa shape index (κ1) is 22.5. The van der Waals surface area contributed by atoms with Crippen molar-refractivity contribution >= 4 is 24.8 Å². The highest BCUT2D eigenvalue weighted by Crippen LogP contribution is 2.37. The zero-order chi connectivity index (χ0) is 16.3. The lowest BCUT2D eigenvalue weighted by atomic mass is 9.85. The molecule has 0 bridgehead atoms. The van der Waals surface area contributed by atoms with E-state index >= 15 is 0 Å². The molecule has 0 saturated carbocycles. The minimum absolute atomic E-state index is 0.